The Labute approximate surface area is 380 Å². The maximum absolute atomic E-state index is 12.4. The number of nitrogens with one attached hydrogen (secondary N) is 1. The Morgan fingerprint density at radius 2 is 0.721 bits per heavy atom. The van der Waals surface area contributed by atoms with Gasteiger partial charge in [-0.2, -0.15) is 0 Å². The average Bonchev–Trinajstić information content (AvgIpc) is 3.26. The summed E-state index contributed by atoms with van der Waals surface area (Å²) >= 11 is 0. The van der Waals surface area contributed by atoms with Crippen molar-refractivity contribution in [2.75, 3.05) is 6.61 Å². The van der Waals surface area contributed by atoms with E-state index in [1.165, 1.54) is 173 Å². The molecule has 3 N–H and O–H groups in total. The number of carbonyl (C=O) groups is 1. The SMILES string of the molecule is CC/C=C\C/C=C\C/C=C\C/C=C\C/C=C\CCCCCCCC(=O)NC(CO)C(O)/C=C/CCCCCCCCCCCCCCCCCCCCCCCCCCCC. The third kappa shape index (κ3) is 48.7. The lowest BCUT2D eigenvalue weighted by molar-refractivity contribution is -0.123. The van der Waals surface area contributed by atoms with E-state index in [0.29, 0.717) is 6.42 Å². The molecule has 2 unspecified atom stereocenters. The van der Waals surface area contributed by atoms with Crippen molar-refractivity contribution in [2.24, 2.45) is 0 Å². The highest BCUT2D eigenvalue weighted by Crippen LogP contribution is 2.17. The van der Waals surface area contributed by atoms with E-state index in [4.69, 9.17) is 0 Å². The molecule has 0 saturated carbocycles. The zero-order chi connectivity index (χ0) is 44.2. The third-order valence-corrected chi connectivity index (χ3v) is 11.9. The van der Waals surface area contributed by atoms with Gasteiger partial charge in [0, 0.05) is 6.42 Å². The zero-order valence-electron chi connectivity index (χ0n) is 40.7. The molecule has 0 aromatic carbocycles. The Kier molecular flexibility index (Phi) is 50.3. The van der Waals surface area contributed by atoms with Gasteiger partial charge in [-0.25, -0.2) is 0 Å². The Bertz CT molecular complexity index is 1050. The van der Waals surface area contributed by atoms with Crippen molar-refractivity contribution in [3.05, 3.63) is 72.9 Å². The van der Waals surface area contributed by atoms with Crippen LogP contribution in [-0.2, 0) is 4.79 Å². The van der Waals surface area contributed by atoms with Gasteiger partial charge in [0.15, 0.2) is 0 Å². The standard InChI is InChI=1S/C57H103NO3/c1-3-5-7-9-11-13-15-17-19-21-23-25-26-27-28-29-30-31-33-34-36-38-40-42-44-46-48-50-52-56(60)55(54-59)58-57(61)53-51-49-47-45-43-41-39-37-35-32-24-22-20-18-16-14-12-10-8-6-4-2/h6,8,12,14,18,20,24,32,37,39,50,52,55-56,59-60H,3-5,7,9-11,13,15-17,19,21-23,25-31,33-36,38,40-49,51,53-54H2,1-2H3,(H,58,61)/b8-6-,14-12-,20-18-,32-24-,39-37-,52-50+. The van der Waals surface area contributed by atoms with Gasteiger partial charge in [-0.15, -0.1) is 0 Å². The number of allylic oxidation sites excluding steroid dienone is 11. The summed E-state index contributed by atoms with van der Waals surface area (Å²) in [7, 11) is 0. The molecule has 0 aliphatic carbocycles. The van der Waals surface area contributed by atoms with Gasteiger partial charge < -0.3 is 15.5 Å². The van der Waals surface area contributed by atoms with Crippen LogP contribution in [0.2, 0.25) is 0 Å². The summed E-state index contributed by atoms with van der Waals surface area (Å²) in [5.74, 6) is -0.0827. The molecule has 2 atom stereocenters. The summed E-state index contributed by atoms with van der Waals surface area (Å²) in [4.78, 5) is 12.4. The monoisotopic (exact) mass is 850 g/mol. The van der Waals surface area contributed by atoms with Crippen LogP contribution >= 0.6 is 0 Å². The predicted molar refractivity (Wildman–Crippen MR) is 271 cm³/mol. The zero-order valence-corrected chi connectivity index (χ0v) is 40.7. The Morgan fingerprint density at radius 1 is 0.410 bits per heavy atom. The van der Waals surface area contributed by atoms with Gasteiger partial charge in [0.1, 0.15) is 0 Å². The van der Waals surface area contributed by atoms with Crippen LogP contribution in [0.15, 0.2) is 72.9 Å². The summed E-state index contributed by atoms with van der Waals surface area (Å²) in [6, 6.07) is -0.638. The molecule has 0 aliphatic heterocycles. The van der Waals surface area contributed by atoms with Gasteiger partial charge in [-0.1, -0.05) is 267 Å². The number of aliphatic hydroxyl groups is 2. The number of rotatable bonds is 48. The molecule has 354 valence electrons. The normalized spacial score (nSPS) is 13.4. The molecule has 4 nitrogen and oxygen atoms in total. The molecular formula is C57H103NO3. The minimum absolute atomic E-state index is 0.0827. The molecule has 0 saturated heterocycles. The predicted octanol–water partition coefficient (Wildman–Crippen LogP) is 17.4. The third-order valence-electron chi connectivity index (χ3n) is 11.9. The van der Waals surface area contributed by atoms with Gasteiger partial charge in [-0.3, -0.25) is 4.79 Å². The lowest BCUT2D eigenvalue weighted by Crippen LogP contribution is -2.45. The van der Waals surface area contributed by atoms with Crippen LogP contribution in [-0.4, -0.2) is 34.9 Å². The van der Waals surface area contributed by atoms with E-state index in [1.807, 2.05) is 6.08 Å². The molecule has 0 spiro atoms. The summed E-state index contributed by atoms with van der Waals surface area (Å²) in [5.41, 5.74) is 0. The molecule has 0 aromatic heterocycles. The number of unbranched alkanes of at least 4 members (excludes halogenated alkanes) is 31. The van der Waals surface area contributed by atoms with Crippen LogP contribution in [0, 0.1) is 0 Å². The quantitative estimate of drug-likeness (QED) is 0.0422. The maximum atomic E-state index is 12.4. The van der Waals surface area contributed by atoms with E-state index in [-0.39, 0.29) is 12.5 Å². The number of hydrogen-bond donors (Lipinski definition) is 3. The van der Waals surface area contributed by atoms with Crippen LogP contribution in [0.25, 0.3) is 0 Å². The topological polar surface area (TPSA) is 69.6 Å². The summed E-state index contributed by atoms with van der Waals surface area (Å²) in [6.07, 6.45) is 74.8. The van der Waals surface area contributed by atoms with E-state index >= 15 is 0 Å². The van der Waals surface area contributed by atoms with E-state index in [0.717, 1.165) is 70.6 Å². The number of amides is 1. The van der Waals surface area contributed by atoms with E-state index in [9.17, 15) is 15.0 Å². The van der Waals surface area contributed by atoms with Crippen LogP contribution < -0.4 is 5.32 Å². The molecule has 0 heterocycles. The number of hydrogen-bond acceptors (Lipinski definition) is 3. The molecule has 0 rings (SSSR count). The van der Waals surface area contributed by atoms with Crippen molar-refractivity contribution in [2.45, 2.75) is 276 Å². The maximum Gasteiger partial charge on any atom is 0.220 e. The van der Waals surface area contributed by atoms with Crippen molar-refractivity contribution >= 4 is 5.91 Å². The van der Waals surface area contributed by atoms with E-state index in [1.54, 1.807) is 6.08 Å². The minimum Gasteiger partial charge on any atom is -0.394 e. The Hall–Kier alpha value is -2.17. The first-order chi connectivity index (χ1) is 30.2. The Balaban J connectivity index is 3.55. The van der Waals surface area contributed by atoms with Crippen molar-refractivity contribution in [3.8, 4) is 0 Å². The van der Waals surface area contributed by atoms with Crippen molar-refractivity contribution in [1.82, 2.24) is 5.32 Å². The number of aliphatic hydroxyl groups excluding tert-OH is 2. The second-order valence-corrected chi connectivity index (χ2v) is 17.9. The molecular weight excluding hydrogens is 747 g/mol. The lowest BCUT2D eigenvalue weighted by Gasteiger charge is -2.20. The molecule has 0 bridgehead atoms. The first-order valence-corrected chi connectivity index (χ1v) is 26.7. The largest absolute Gasteiger partial charge is 0.394 e. The van der Waals surface area contributed by atoms with Gasteiger partial charge in [-0.05, 0) is 64.2 Å². The van der Waals surface area contributed by atoms with Crippen LogP contribution in [0.1, 0.15) is 264 Å². The van der Waals surface area contributed by atoms with Crippen molar-refractivity contribution in [3.63, 3.8) is 0 Å². The highest BCUT2D eigenvalue weighted by molar-refractivity contribution is 5.76. The Morgan fingerprint density at radius 3 is 1.08 bits per heavy atom. The average molecular weight is 850 g/mol. The molecule has 1 amide bonds. The highest BCUT2D eigenvalue weighted by Gasteiger charge is 2.18. The van der Waals surface area contributed by atoms with E-state index in [2.05, 4.69) is 79.9 Å². The summed E-state index contributed by atoms with van der Waals surface area (Å²) < 4.78 is 0. The smallest absolute Gasteiger partial charge is 0.220 e. The molecule has 0 fully saturated rings. The summed E-state index contributed by atoms with van der Waals surface area (Å²) in [5, 5.41) is 23.1. The molecule has 0 aromatic rings. The lowest BCUT2D eigenvalue weighted by atomic mass is 10.0. The first-order valence-electron chi connectivity index (χ1n) is 26.7. The van der Waals surface area contributed by atoms with E-state index < -0.39 is 12.1 Å². The van der Waals surface area contributed by atoms with Crippen molar-refractivity contribution < 1.29 is 15.0 Å². The van der Waals surface area contributed by atoms with Gasteiger partial charge in [0.2, 0.25) is 5.91 Å². The highest BCUT2D eigenvalue weighted by atomic mass is 16.3. The second kappa shape index (κ2) is 52.2. The van der Waals surface area contributed by atoms with Gasteiger partial charge in [0.25, 0.3) is 0 Å². The van der Waals surface area contributed by atoms with Crippen molar-refractivity contribution in [1.29, 1.82) is 0 Å². The van der Waals surface area contributed by atoms with Gasteiger partial charge >= 0.3 is 0 Å². The summed E-state index contributed by atoms with van der Waals surface area (Å²) in [6.45, 7) is 4.20. The fraction of sp³-hybridized carbons (Fsp3) is 0.772. The molecule has 61 heavy (non-hydrogen) atoms. The minimum atomic E-state index is -0.853. The molecule has 0 radical (unpaired) electrons. The van der Waals surface area contributed by atoms with Crippen LogP contribution in [0.4, 0.5) is 0 Å². The second-order valence-electron chi connectivity index (χ2n) is 17.9. The fourth-order valence-corrected chi connectivity index (χ4v) is 7.91. The first kappa shape index (κ1) is 58.8. The fourth-order valence-electron chi connectivity index (χ4n) is 7.91. The van der Waals surface area contributed by atoms with Crippen LogP contribution in [0.3, 0.4) is 0 Å². The van der Waals surface area contributed by atoms with Gasteiger partial charge in [0.05, 0.1) is 18.8 Å². The molecule has 4 heteroatoms. The van der Waals surface area contributed by atoms with Crippen LogP contribution in [0.5, 0.6) is 0 Å². The molecule has 0 aliphatic rings. The number of carbonyl (C=O) groups excluding carboxylic acids is 1.